The number of hydrogen-bond donors (Lipinski definition) is 0. The highest BCUT2D eigenvalue weighted by Gasteiger charge is 2.33. The first-order chi connectivity index (χ1) is 11.9. The molecule has 136 valence electrons. The van der Waals surface area contributed by atoms with Gasteiger partial charge in [-0.1, -0.05) is 41.4 Å². The molecule has 1 heterocycles. The van der Waals surface area contributed by atoms with Crippen LogP contribution in [0.3, 0.4) is 0 Å². The van der Waals surface area contributed by atoms with Crippen LogP contribution in [0.4, 0.5) is 0 Å². The number of carbonyl (C=O) groups excluding carboxylic acids is 1. The maximum atomic E-state index is 12.8. The number of nitrogens with zero attached hydrogens (tertiary/aromatic N) is 2. The molecule has 25 heavy (non-hydrogen) atoms. The molecule has 5 nitrogen and oxygen atoms in total. The van der Waals surface area contributed by atoms with E-state index in [1.54, 1.807) is 11.0 Å². The highest BCUT2D eigenvalue weighted by Crippen LogP contribution is 2.32. The van der Waals surface area contributed by atoms with Crippen LogP contribution in [0, 0.1) is 5.92 Å². The number of halogens is 2. The first-order valence-electron chi connectivity index (χ1n) is 8.28. The standard InChI is InChI=1S/C17H20Cl2N2O3S/c18-14-6-3-7-15(19)17(14)25(23,24)21-10-8-20(9-11-21)16(22)12-13-4-1-2-5-13/h1,3-4,6-7,13H,2,5,8-12H2. The average Bonchev–Trinajstić information content (AvgIpc) is 3.07. The Morgan fingerprint density at radius 1 is 1.12 bits per heavy atom. The number of rotatable bonds is 4. The summed E-state index contributed by atoms with van der Waals surface area (Å²) in [6.07, 6.45) is 6.75. The Morgan fingerprint density at radius 2 is 1.76 bits per heavy atom. The molecule has 1 aromatic rings. The zero-order chi connectivity index (χ0) is 18.0. The summed E-state index contributed by atoms with van der Waals surface area (Å²) in [5.74, 6) is 0.403. The second-order valence-electron chi connectivity index (χ2n) is 6.31. The van der Waals surface area contributed by atoms with Crippen LogP contribution >= 0.6 is 23.2 Å². The Hall–Kier alpha value is -1.08. The van der Waals surface area contributed by atoms with Crippen LogP contribution in [0.1, 0.15) is 19.3 Å². The second kappa shape index (κ2) is 7.66. The van der Waals surface area contributed by atoms with Crippen molar-refractivity contribution in [3.63, 3.8) is 0 Å². The first-order valence-corrected chi connectivity index (χ1v) is 10.5. The lowest BCUT2D eigenvalue weighted by molar-refractivity contribution is -0.133. The minimum absolute atomic E-state index is 0.0609. The summed E-state index contributed by atoms with van der Waals surface area (Å²) in [6, 6.07) is 4.63. The molecule has 0 radical (unpaired) electrons. The van der Waals surface area contributed by atoms with E-state index in [9.17, 15) is 13.2 Å². The van der Waals surface area contributed by atoms with Gasteiger partial charge in [0.05, 0.1) is 10.0 Å². The molecule has 0 spiro atoms. The van der Waals surface area contributed by atoms with E-state index >= 15 is 0 Å². The SMILES string of the molecule is O=C(CC1C=CCC1)N1CCN(S(=O)(=O)c2c(Cl)cccc2Cl)CC1. The van der Waals surface area contributed by atoms with Gasteiger partial charge in [-0.3, -0.25) is 4.79 Å². The molecule has 1 amide bonds. The summed E-state index contributed by atoms with van der Waals surface area (Å²) >= 11 is 12.1. The van der Waals surface area contributed by atoms with Gasteiger partial charge in [0.25, 0.3) is 0 Å². The van der Waals surface area contributed by atoms with Crippen molar-refractivity contribution < 1.29 is 13.2 Å². The third kappa shape index (κ3) is 4.03. The van der Waals surface area contributed by atoms with Gasteiger partial charge in [-0.2, -0.15) is 4.31 Å². The lowest BCUT2D eigenvalue weighted by Gasteiger charge is -2.34. The molecule has 1 saturated heterocycles. The maximum absolute atomic E-state index is 12.8. The summed E-state index contributed by atoms with van der Waals surface area (Å²) in [6.45, 7) is 1.26. The maximum Gasteiger partial charge on any atom is 0.246 e. The zero-order valence-corrected chi connectivity index (χ0v) is 16.0. The van der Waals surface area contributed by atoms with Crippen molar-refractivity contribution >= 4 is 39.1 Å². The van der Waals surface area contributed by atoms with E-state index < -0.39 is 10.0 Å². The molecule has 1 aliphatic heterocycles. The lowest BCUT2D eigenvalue weighted by atomic mass is 10.0. The minimum Gasteiger partial charge on any atom is -0.340 e. The van der Waals surface area contributed by atoms with Crippen molar-refractivity contribution in [1.82, 2.24) is 9.21 Å². The molecule has 1 fully saturated rings. The van der Waals surface area contributed by atoms with Crippen LogP contribution in [0.15, 0.2) is 35.2 Å². The number of hydrogen-bond acceptors (Lipinski definition) is 3. The van der Waals surface area contributed by atoms with Crippen LogP contribution in [0.5, 0.6) is 0 Å². The van der Waals surface area contributed by atoms with E-state index in [1.807, 2.05) is 0 Å². The number of allylic oxidation sites excluding steroid dienone is 2. The van der Waals surface area contributed by atoms with Crippen molar-refractivity contribution in [2.45, 2.75) is 24.2 Å². The highest BCUT2D eigenvalue weighted by molar-refractivity contribution is 7.89. The molecule has 0 aromatic heterocycles. The Labute approximate surface area is 158 Å². The van der Waals surface area contributed by atoms with Crippen molar-refractivity contribution in [3.05, 3.63) is 40.4 Å². The quantitative estimate of drug-likeness (QED) is 0.726. The fourth-order valence-electron chi connectivity index (χ4n) is 3.25. The van der Waals surface area contributed by atoms with E-state index in [1.165, 1.54) is 16.4 Å². The average molecular weight is 403 g/mol. The third-order valence-corrected chi connectivity index (χ3v) is 7.51. The minimum atomic E-state index is -3.77. The van der Waals surface area contributed by atoms with Gasteiger partial charge in [-0.05, 0) is 30.9 Å². The Balaban J connectivity index is 1.65. The molecular weight excluding hydrogens is 383 g/mol. The highest BCUT2D eigenvalue weighted by atomic mass is 35.5. The van der Waals surface area contributed by atoms with Gasteiger partial charge < -0.3 is 4.90 Å². The number of piperazine rings is 1. The monoisotopic (exact) mass is 402 g/mol. The van der Waals surface area contributed by atoms with Crippen LogP contribution in [0.2, 0.25) is 10.0 Å². The lowest BCUT2D eigenvalue weighted by Crippen LogP contribution is -2.50. The number of benzene rings is 1. The summed E-state index contributed by atoms with van der Waals surface area (Å²) in [4.78, 5) is 14.1. The Kier molecular flexibility index (Phi) is 5.73. The van der Waals surface area contributed by atoms with Crippen molar-refractivity contribution in [1.29, 1.82) is 0 Å². The van der Waals surface area contributed by atoms with Gasteiger partial charge in [0, 0.05) is 32.6 Å². The number of carbonyl (C=O) groups is 1. The van der Waals surface area contributed by atoms with Gasteiger partial charge in [-0.15, -0.1) is 0 Å². The van der Waals surface area contributed by atoms with Gasteiger partial charge in [0.2, 0.25) is 15.9 Å². The predicted octanol–water partition coefficient (Wildman–Crippen LogP) is 3.18. The molecule has 1 atom stereocenters. The summed E-state index contributed by atoms with van der Waals surface area (Å²) in [5.41, 5.74) is 0. The van der Waals surface area contributed by atoms with Crippen LogP contribution < -0.4 is 0 Å². The fourth-order valence-corrected chi connectivity index (χ4v) is 5.77. The smallest absolute Gasteiger partial charge is 0.246 e. The largest absolute Gasteiger partial charge is 0.340 e. The molecule has 1 unspecified atom stereocenters. The third-order valence-electron chi connectivity index (χ3n) is 4.66. The van der Waals surface area contributed by atoms with Gasteiger partial charge in [0.15, 0.2) is 0 Å². The van der Waals surface area contributed by atoms with Gasteiger partial charge in [0.1, 0.15) is 4.90 Å². The van der Waals surface area contributed by atoms with E-state index in [4.69, 9.17) is 23.2 Å². The molecule has 1 aromatic carbocycles. The van der Waals surface area contributed by atoms with E-state index in [-0.39, 0.29) is 33.9 Å². The summed E-state index contributed by atoms with van der Waals surface area (Å²) in [7, 11) is -3.77. The van der Waals surface area contributed by atoms with Crippen LogP contribution in [-0.4, -0.2) is 49.7 Å². The van der Waals surface area contributed by atoms with Crippen molar-refractivity contribution in [2.24, 2.45) is 5.92 Å². The van der Waals surface area contributed by atoms with Crippen LogP contribution in [-0.2, 0) is 14.8 Å². The Bertz CT molecular complexity index is 767. The molecule has 0 N–H and O–H groups in total. The van der Waals surface area contributed by atoms with Crippen molar-refractivity contribution in [3.8, 4) is 0 Å². The van der Waals surface area contributed by atoms with E-state index in [0.29, 0.717) is 25.4 Å². The van der Waals surface area contributed by atoms with Gasteiger partial charge in [-0.25, -0.2) is 8.42 Å². The Morgan fingerprint density at radius 3 is 2.32 bits per heavy atom. The number of amides is 1. The molecule has 3 rings (SSSR count). The first kappa shape index (κ1) is 18.7. The van der Waals surface area contributed by atoms with Crippen LogP contribution in [0.25, 0.3) is 0 Å². The summed E-state index contributed by atoms with van der Waals surface area (Å²) < 4.78 is 27.0. The molecule has 8 heteroatoms. The number of sulfonamides is 1. The topological polar surface area (TPSA) is 57.7 Å². The van der Waals surface area contributed by atoms with Gasteiger partial charge >= 0.3 is 0 Å². The fraction of sp³-hybridized carbons (Fsp3) is 0.471. The molecular formula is C17H20Cl2N2O3S. The molecule has 1 aliphatic carbocycles. The van der Waals surface area contributed by atoms with E-state index in [0.717, 1.165) is 12.8 Å². The predicted molar refractivity (Wildman–Crippen MR) is 98.3 cm³/mol. The van der Waals surface area contributed by atoms with Crippen molar-refractivity contribution in [2.75, 3.05) is 26.2 Å². The zero-order valence-electron chi connectivity index (χ0n) is 13.7. The molecule has 2 aliphatic rings. The second-order valence-corrected chi connectivity index (χ2v) is 8.99. The van der Waals surface area contributed by atoms with E-state index in [2.05, 4.69) is 12.2 Å². The summed E-state index contributed by atoms with van der Waals surface area (Å²) in [5, 5.41) is 0.220. The molecule has 0 saturated carbocycles. The molecule has 0 bridgehead atoms. The normalized spacial score (nSPS) is 21.7.